The first-order valence-electron chi connectivity index (χ1n) is 7.82. The zero-order valence-corrected chi connectivity index (χ0v) is 15.0. The number of anilines is 1. The second-order valence-corrected chi connectivity index (χ2v) is 8.44. The molecular formula is C17H20FN3O2S. The summed E-state index contributed by atoms with van der Waals surface area (Å²) in [6.07, 6.45) is 2.57. The Hall–Kier alpha value is -2.02. The molecular weight excluding hydrogens is 329 g/mol. The maximum absolute atomic E-state index is 13.5. The van der Waals surface area contributed by atoms with Gasteiger partial charge in [0.2, 0.25) is 16.0 Å². The Morgan fingerprint density at radius 2 is 1.92 bits per heavy atom. The van der Waals surface area contributed by atoms with E-state index in [2.05, 4.69) is 9.97 Å². The van der Waals surface area contributed by atoms with E-state index in [1.807, 2.05) is 13.8 Å². The Morgan fingerprint density at radius 1 is 1.21 bits per heavy atom. The SMILES string of the molecule is CC(C)c1nc(N(C)S(C)(=O)=O)nc2c1CCc1cc(F)ccc1-2. The van der Waals surface area contributed by atoms with Gasteiger partial charge >= 0.3 is 0 Å². The van der Waals surface area contributed by atoms with Crippen LogP contribution in [-0.4, -0.2) is 31.7 Å². The van der Waals surface area contributed by atoms with Gasteiger partial charge in [0.1, 0.15) is 5.82 Å². The van der Waals surface area contributed by atoms with Crippen LogP contribution in [0.3, 0.4) is 0 Å². The van der Waals surface area contributed by atoms with Gasteiger partial charge < -0.3 is 0 Å². The summed E-state index contributed by atoms with van der Waals surface area (Å²) < 4.78 is 38.3. The smallest absolute Gasteiger partial charge is 0.239 e. The lowest BCUT2D eigenvalue weighted by atomic mass is 9.86. The van der Waals surface area contributed by atoms with E-state index in [0.717, 1.165) is 45.8 Å². The first-order chi connectivity index (χ1) is 11.2. The van der Waals surface area contributed by atoms with Gasteiger partial charge in [-0.25, -0.2) is 27.1 Å². The molecule has 0 atom stereocenters. The van der Waals surface area contributed by atoms with Crippen molar-refractivity contribution in [3.05, 3.63) is 40.8 Å². The van der Waals surface area contributed by atoms with Crippen LogP contribution in [0.15, 0.2) is 18.2 Å². The average molecular weight is 349 g/mol. The molecule has 7 heteroatoms. The molecule has 128 valence electrons. The largest absolute Gasteiger partial charge is 0.241 e. The number of hydrogen-bond donors (Lipinski definition) is 0. The predicted molar refractivity (Wildman–Crippen MR) is 92.2 cm³/mol. The van der Waals surface area contributed by atoms with Gasteiger partial charge in [-0.3, -0.25) is 0 Å². The van der Waals surface area contributed by atoms with Crippen molar-refractivity contribution in [3.8, 4) is 11.3 Å². The molecule has 0 bridgehead atoms. The summed E-state index contributed by atoms with van der Waals surface area (Å²) in [4.78, 5) is 9.01. The zero-order valence-electron chi connectivity index (χ0n) is 14.2. The van der Waals surface area contributed by atoms with Crippen LogP contribution >= 0.6 is 0 Å². The van der Waals surface area contributed by atoms with E-state index in [-0.39, 0.29) is 17.7 Å². The monoisotopic (exact) mass is 349 g/mol. The molecule has 0 fully saturated rings. The summed E-state index contributed by atoms with van der Waals surface area (Å²) >= 11 is 0. The van der Waals surface area contributed by atoms with Crippen LogP contribution in [-0.2, 0) is 22.9 Å². The van der Waals surface area contributed by atoms with Crippen molar-refractivity contribution in [2.75, 3.05) is 17.6 Å². The lowest BCUT2D eigenvalue weighted by Crippen LogP contribution is -2.28. The van der Waals surface area contributed by atoms with Gasteiger partial charge in [-0.2, -0.15) is 0 Å². The van der Waals surface area contributed by atoms with E-state index in [4.69, 9.17) is 0 Å². The van der Waals surface area contributed by atoms with Gasteiger partial charge in [0.15, 0.2) is 0 Å². The van der Waals surface area contributed by atoms with Crippen LogP contribution in [0, 0.1) is 5.82 Å². The molecule has 0 saturated carbocycles. The second-order valence-electron chi connectivity index (χ2n) is 6.42. The summed E-state index contributed by atoms with van der Waals surface area (Å²) in [7, 11) is -2.02. The number of aromatic nitrogens is 2. The van der Waals surface area contributed by atoms with Crippen LogP contribution in [0.1, 0.15) is 36.6 Å². The molecule has 1 aliphatic carbocycles. The van der Waals surface area contributed by atoms with Gasteiger partial charge in [0, 0.05) is 18.2 Å². The maximum atomic E-state index is 13.5. The minimum absolute atomic E-state index is 0.135. The molecule has 24 heavy (non-hydrogen) atoms. The summed E-state index contributed by atoms with van der Waals surface area (Å²) in [5.41, 5.74) is 4.32. The minimum atomic E-state index is -3.46. The minimum Gasteiger partial charge on any atom is -0.241 e. The highest BCUT2D eigenvalue weighted by Gasteiger charge is 2.26. The third-order valence-corrected chi connectivity index (χ3v) is 5.48. The van der Waals surface area contributed by atoms with E-state index in [9.17, 15) is 12.8 Å². The van der Waals surface area contributed by atoms with E-state index in [1.54, 1.807) is 6.07 Å². The van der Waals surface area contributed by atoms with Crippen molar-refractivity contribution in [3.63, 3.8) is 0 Å². The van der Waals surface area contributed by atoms with Gasteiger partial charge in [0.25, 0.3) is 0 Å². The maximum Gasteiger partial charge on any atom is 0.239 e. The highest BCUT2D eigenvalue weighted by Crippen LogP contribution is 2.37. The second kappa shape index (κ2) is 5.81. The van der Waals surface area contributed by atoms with Gasteiger partial charge in [0.05, 0.1) is 17.6 Å². The first-order valence-corrected chi connectivity index (χ1v) is 9.67. The molecule has 3 rings (SSSR count). The fraction of sp³-hybridized carbons (Fsp3) is 0.412. The number of fused-ring (bicyclic) bond motifs is 3. The molecule has 0 radical (unpaired) electrons. The van der Waals surface area contributed by atoms with Gasteiger partial charge in [-0.15, -0.1) is 0 Å². The van der Waals surface area contributed by atoms with Crippen LogP contribution in [0.2, 0.25) is 0 Å². The van der Waals surface area contributed by atoms with Crippen LogP contribution in [0.25, 0.3) is 11.3 Å². The number of sulfonamides is 1. The summed E-state index contributed by atoms with van der Waals surface area (Å²) in [5, 5.41) is 0. The molecule has 0 N–H and O–H groups in total. The van der Waals surface area contributed by atoms with Crippen molar-refractivity contribution >= 4 is 16.0 Å². The Labute approximate surface area is 141 Å². The van der Waals surface area contributed by atoms with E-state index in [1.165, 1.54) is 19.2 Å². The molecule has 1 aromatic carbocycles. The zero-order chi connectivity index (χ0) is 17.6. The van der Waals surface area contributed by atoms with Crippen molar-refractivity contribution < 1.29 is 12.8 Å². The average Bonchev–Trinajstić information content (AvgIpc) is 2.51. The Morgan fingerprint density at radius 3 is 2.54 bits per heavy atom. The molecule has 2 aromatic rings. The number of hydrogen-bond acceptors (Lipinski definition) is 4. The molecule has 0 saturated heterocycles. The van der Waals surface area contributed by atoms with Crippen LogP contribution < -0.4 is 4.31 Å². The van der Waals surface area contributed by atoms with Crippen molar-refractivity contribution in [1.82, 2.24) is 9.97 Å². The molecule has 5 nitrogen and oxygen atoms in total. The number of halogens is 1. The predicted octanol–water partition coefficient (Wildman–Crippen LogP) is 2.90. The molecule has 0 aliphatic heterocycles. The molecule has 0 unspecified atom stereocenters. The molecule has 0 spiro atoms. The Bertz CT molecular complexity index is 910. The summed E-state index contributed by atoms with van der Waals surface area (Å²) in [5.74, 6) is 0.0106. The number of rotatable bonds is 3. The normalized spacial score (nSPS) is 13.6. The fourth-order valence-electron chi connectivity index (χ4n) is 2.98. The lowest BCUT2D eigenvalue weighted by Gasteiger charge is -2.25. The molecule has 1 aliphatic rings. The van der Waals surface area contributed by atoms with Crippen LogP contribution in [0.4, 0.5) is 10.3 Å². The third-order valence-electron chi connectivity index (χ3n) is 4.32. The van der Waals surface area contributed by atoms with E-state index < -0.39 is 10.0 Å². The first kappa shape index (κ1) is 16.8. The van der Waals surface area contributed by atoms with Crippen molar-refractivity contribution in [2.45, 2.75) is 32.6 Å². The fourth-order valence-corrected chi connectivity index (χ4v) is 3.36. The van der Waals surface area contributed by atoms with Gasteiger partial charge in [-0.1, -0.05) is 13.8 Å². The topological polar surface area (TPSA) is 63.2 Å². The summed E-state index contributed by atoms with van der Waals surface area (Å²) in [6, 6.07) is 4.64. The highest BCUT2D eigenvalue weighted by molar-refractivity contribution is 7.92. The number of nitrogens with zero attached hydrogens (tertiary/aromatic N) is 3. The highest BCUT2D eigenvalue weighted by atomic mass is 32.2. The number of benzene rings is 1. The lowest BCUT2D eigenvalue weighted by molar-refractivity contribution is 0.599. The summed E-state index contributed by atoms with van der Waals surface area (Å²) in [6.45, 7) is 4.04. The Kier molecular flexibility index (Phi) is 4.07. The van der Waals surface area contributed by atoms with Crippen molar-refractivity contribution in [2.24, 2.45) is 0 Å². The quantitative estimate of drug-likeness (QED) is 0.855. The molecule has 1 aromatic heterocycles. The Balaban J connectivity index is 2.27. The van der Waals surface area contributed by atoms with E-state index in [0.29, 0.717) is 5.69 Å². The molecule has 1 heterocycles. The van der Waals surface area contributed by atoms with Gasteiger partial charge in [-0.05, 0) is 42.5 Å². The van der Waals surface area contributed by atoms with E-state index >= 15 is 0 Å². The number of aryl methyl sites for hydroxylation is 1. The van der Waals surface area contributed by atoms with Crippen LogP contribution in [0.5, 0.6) is 0 Å². The standard InChI is InChI=1S/C17H20FN3O2S/c1-10(2)15-14-7-5-11-9-12(18)6-8-13(11)16(14)20-17(19-15)21(3)24(4,22)23/h6,8-10H,5,7H2,1-4H3. The third kappa shape index (κ3) is 2.88. The molecule has 0 amide bonds. The van der Waals surface area contributed by atoms with Crippen molar-refractivity contribution in [1.29, 1.82) is 0 Å².